The molecule has 18 heavy (non-hydrogen) atoms. The molecule has 0 fully saturated rings. The molecule has 0 aromatic carbocycles. The molecule has 0 aliphatic heterocycles. The molecule has 3 aromatic heterocycles. The zero-order valence-electron chi connectivity index (χ0n) is 9.45. The molecular weight excluding hydrogens is 266 g/mol. The SMILES string of the molecule is Clc1ncc(Cn2ccnc2)cc1-c1ccsc1. The standard InChI is InChI=1S/C13H10ClN3S/c14-13-12(11-1-4-18-8-11)5-10(6-16-13)7-17-3-2-15-9-17/h1-6,8-9H,7H2. The number of nitrogens with zero attached hydrogens (tertiary/aromatic N) is 3. The van der Waals surface area contributed by atoms with Crippen LogP contribution in [-0.4, -0.2) is 14.5 Å². The fraction of sp³-hybridized carbons (Fsp3) is 0.0769. The van der Waals surface area contributed by atoms with Crippen molar-refractivity contribution >= 4 is 22.9 Å². The van der Waals surface area contributed by atoms with Gasteiger partial charge in [-0.05, 0) is 34.0 Å². The first-order chi connectivity index (χ1) is 8.83. The van der Waals surface area contributed by atoms with Crippen LogP contribution < -0.4 is 0 Å². The van der Waals surface area contributed by atoms with Crippen molar-refractivity contribution in [1.82, 2.24) is 14.5 Å². The van der Waals surface area contributed by atoms with E-state index in [1.807, 2.05) is 16.1 Å². The molecule has 0 spiro atoms. The van der Waals surface area contributed by atoms with Gasteiger partial charge in [-0.15, -0.1) is 0 Å². The smallest absolute Gasteiger partial charge is 0.136 e. The van der Waals surface area contributed by atoms with Crippen molar-refractivity contribution in [3.63, 3.8) is 0 Å². The highest BCUT2D eigenvalue weighted by Gasteiger charge is 2.07. The lowest BCUT2D eigenvalue weighted by Gasteiger charge is -2.06. The Balaban J connectivity index is 1.96. The molecule has 0 bridgehead atoms. The number of rotatable bonds is 3. The zero-order chi connectivity index (χ0) is 12.4. The third kappa shape index (κ3) is 2.30. The van der Waals surface area contributed by atoms with Gasteiger partial charge in [0.05, 0.1) is 12.9 Å². The van der Waals surface area contributed by atoms with E-state index in [1.165, 1.54) is 0 Å². The number of imidazole rings is 1. The lowest BCUT2D eigenvalue weighted by atomic mass is 10.1. The molecule has 0 aliphatic rings. The van der Waals surface area contributed by atoms with Crippen molar-refractivity contribution in [2.45, 2.75) is 6.54 Å². The van der Waals surface area contributed by atoms with Crippen LogP contribution in [0.1, 0.15) is 5.56 Å². The monoisotopic (exact) mass is 275 g/mol. The van der Waals surface area contributed by atoms with E-state index in [1.54, 1.807) is 30.1 Å². The van der Waals surface area contributed by atoms with E-state index in [0.717, 1.165) is 23.2 Å². The van der Waals surface area contributed by atoms with Gasteiger partial charge in [-0.25, -0.2) is 9.97 Å². The van der Waals surface area contributed by atoms with E-state index in [-0.39, 0.29) is 0 Å². The van der Waals surface area contributed by atoms with Crippen LogP contribution in [0.15, 0.2) is 47.8 Å². The summed E-state index contributed by atoms with van der Waals surface area (Å²) in [6.45, 7) is 0.751. The minimum Gasteiger partial charge on any atom is -0.333 e. The molecule has 3 heterocycles. The molecule has 0 radical (unpaired) electrons. The van der Waals surface area contributed by atoms with Gasteiger partial charge in [0.25, 0.3) is 0 Å². The summed E-state index contributed by atoms with van der Waals surface area (Å²) >= 11 is 7.80. The van der Waals surface area contributed by atoms with Gasteiger partial charge in [-0.1, -0.05) is 11.6 Å². The molecular formula is C13H10ClN3S. The fourth-order valence-corrected chi connectivity index (χ4v) is 2.66. The summed E-state index contributed by atoms with van der Waals surface area (Å²) in [5, 5.41) is 4.65. The number of hydrogen-bond acceptors (Lipinski definition) is 3. The van der Waals surface area contributed by atoms with Crippen molar-refractivity contribution in [2.75, 3.05) is 0 Å². The highest BCUT2D eigenvalue weighted by Crippen LogP contribution is 2.28. The van der Waals surface area contributed by atoms with Crippen molar-refractivity contribution in [3.8, 4) is 11.1 Å². The van der Waals surface area contributed by atoms with Gasteiger partial charge in [0, 0.05) is 24.2 Å². The van der Waals surface area contributed by atoms with Gasteiger partial charge < -0.3 is 4.57 Å². The molecule has 0 N–H and O–H groups in total. The first-order valence-corrected chi connectivity index (χ1v) is 6.78. The number of aromatic nitrogens is 3. The largest absolute Gasteiger partial charge is 0.333 e. The summed E-state index contributed by atoms with van der Waals surface area (Å²) in [5.74, 6) is 0. The normalized spacial score (nSPS) is 10.7. The Bertz CT molecular complexity index is 632. The summed E-state index contributed by atoms with van der Waals surface area (Å²) in [4.78, 5) is 8.28. The second-order valence-corrected chi connectivity index (χ2v) is 5.07. The number of thiophene rings is 1. The van der Waals surface area contributed by atoms with Gasteiger partial charge in [-0.2, -0.15) is 11.3 Å². The Kier molecular flexibility index (Phi) is 3.13. The van der Waals surface area contributed by atoms with Crippen LogP contribution in [0.2, 0.25) is 5.15 Å². The Morgan fingerprint density at radius 2 is 2.33 bits per heavy atom. The van der Waals surface area contributed by atoms with Gasteiger partial charge in [0.1, 0.15) is 5.15 Å². The van der Waals surface area contributed by atoms with Gasteiger partial charge in [-0.3, -0.25) is 0 Å². The minimum atomic E-state index is 0.544. The quantitative estimate of drug-likeness (QED) is 0.682. The maximum Gasteiger partial charge on any atom is 0.136 e. The van der Waals surface area contributed by atoms with Crippen molar-refractivity contribution in [3.05, 3.63) is 58.5 Å². The Labute approximate surface area is 114 Å². The molecule has 90 valence electrons. The number of hydrogen-bond donors (Lipinski definition) is 0. The third-order valence-corrected chi connectivity index (χ3v) is 3.64. The van der Waals surface area contributed by atoms with Crippen LogP contribution in [0.25, 0.3) is 11.1 Å². The second kappa shape index (κ2) is 4.92. The first-order valence-electron chi connectivity index (χ1n) is 5.45. The van der Waals surface area contributed by atoms with Gasteiger partial charge in [0.2, 0.25) is 0 Å². The van der Waals surface area contributed by atoms with Crippen LogP contribution >= 0.6 is 22.9 Å². The summed E-state index contributed by atoms with van der Waals surface area (Å²) in [7, 11) is 0. The van der Waals surface area contributed by atoms with Crippen LogP contribution in [-0.2, 0) is 6.54 Å². The predicted octanol–water partition coefficient (Wildman–Crippen LogP) is 3.71. The van der Waals surface area contributed by atoms with Crippen LogP contribution in [0.3, 0.4) is 0 Å². The van der Waals surface area contributed by atoms with Gasteiger partial charge in [0.15, 0.2) is 0 Å². The molecule has 0 unspecified atom stereocenters. The van der Waals surface area contributed by atoms with E-state index in [9.17, 15) is 0 Å². The summed E-state index contributed by atoms with van der Waals surface area (Å²) in [6, 6.07) is 4.13. The van der Waals surface area contributed by atoms with E-state index in [2.05, 4.69) is 27.5 Å². The van der Waals surface area contributed by atoms with Gasteiger partial charge >= 0.3 is 0 Å². The van der Waals surface area contributed by atoms with E-state index in [0.29, 0.717) is 5.15 Å². The average molecular weight is 276 g/mol. The zero-order valence-corrected chi connectivity index (χ0v) is 11.0. The Hall–Kier alpha value is -1.65. The van der Waals surface area contributed by atoms with E-state index >= 15 is 0 Å². The lowest BCUT2D eigenvalue weighted by Crippen LogP contribution is -1.97. The van der Waals surface area contributed by atoms with Crippen molar-refractivity contribution < 1.29 is 0 Å². The first kappa shape index (κ1) is 11.4. The summed E-state index contributed by atoms with van der Waals surface area (Å²) in [5.41, 5.74) is 3.21. The maximum atomic E-state index is 6.14. The molecule has 0 atom stereocenters. The van der Waals surface area contributed by atoms with Crippen LogP contribution in [0, 0.1) is 0 Å². The summed E-state index contributed by atoms with van der Waals surface area (Å²) in [6.07, 6.45) is 7.29. The molecule has 0 amide bonds. The highest BCUT2D eigenvalue weighted by atomic mass is 35.5. The number of halogens is 1. The minimum absolute atomic E-state index is 0.544. The topological polar surface area (TPSA) is 30.7 Å². The lowest BCUT2D eigenvalue weighted by molar-refractivity contribution is 0.794. The maximum absolute atomic E-state index is 6.14. The Morgan fingerprint density at radius 3 is 3.06 bits per heavy atom. The van der Waals surface area contributed by atoms with Crippen LogP contribution in [0.4, 0.5) is 0 Å². The average Bonchev–Trinajstić information content (AvgIpc) is 3.04. The van der Waals surface area contributed by atoms with Crippen LogP contribution in [0.5, 0.6) is 0 Å². The molecule has 5 heteroatoms. The highest BCUT2D eigenvalue weighted by molar-refractivity contribution is 7.08. The molecule has 0 aliphatic carbocycles. The molecule has 0 saturated carbocycles. The van der Waals surface area contributed by atoms with Crippen molar-refractivity contribution in [1.29, 1.82) is 0 Å². The van der Waals surface area contributed by atoms with Crippen molar-refractivity contribution in [2.24, 2.45) is 0 Å². The second-order valence-electron chi connectivity index (χ2n) is 3.93. The molecule has 3 aromatic rings. The Morgan fingerprint density at radius 1 is 1.39 bits per heavy atom. The third-order valence-electron chi connectivity index (χ3n) is 2.65. The fourth-order valence-electron chi connectivity index (χ4n) is 1.79. The molecule has 3 rings (SSSR count). The van der Waals surface area contributed by atoms with E-state index in [4.69, 9.17) is 11.6 Å². The van der Waals surface area contributed by atoms with E-state index < -0.39 is 0 Å². The number of pyridine rings is 1. The molecule has 3 nitrogen and oxygen atoms in total. The molecule has 0 saturated heterocycles. The summed E-state index contributed by atoms with van der Waals surface area (Å²) < 4.78 is 2.00. The predicted molar refractivity (Wildman–Crippen MR) is 73.9 cm³/mol.